The lowest BCUT2D eigenvalue weighted by Gasteiger charge is -2.04. The molecule has 0 spiro atoms. The summed E-state index contributed by atoms with van der Waals surface area (Å²) >= 11 is 0. The fraction of sp³-hybridized carbons (Fsp3) is 0.0556. The van der Waals surface area contributed by atoms with E-state index in [-0.39, 0.29) is 5.56 Å². The van der Waals surface area contributed by atoms with Gasteiger partial charge in [-0.2, -0.15) is 5.11 Å². The average Bonchev–Trinajstić information content (AvgIpc) is 3.00. The Morgan fingerprint density at radius 2 is 1.92 bits per heavy atom. The molecular formula is C18H13BN2O4. The number of hydrogen-bond donors (Lipinski definition) is 2. The predicted octanol–water partition coefficient (Wildman–Crippen LogP) is 3.17. The van der Waals surface area contributed by atoms with Gasteiger partial charge in [0, 0.05) is 5.39 Å². The van der Waals surface area contributed by atoms with E-state index >= 15 is 0 Å². The van der Waals surface area contributed by atoms with E-state index in [1.165, 1.54) is 6.07 Å². The third-order valence-corrected chi connectivity index (χ3v) is 4.15. The summed E-state index contributed by atoms with van der Waals surface area (Å²) in [4.78, 5) is 11.3. The minimum atomic E-state index is -1.01. The Hall–Kier alpha value is -3.03. The number of carbonyl (C=O) groups is 1. The van der Waals surface area contributed by atoms with E-state index in [0.717, 1.165) is 16.3 Å². The first kappa shape index (κ1) is 15.5. The second kappa shape index (κ2) is 6.12. The average molecular weight is 332 g/mol. The van der Waals surface area contributed by atoms with Crippen LogP contribution in [0.1, 0.15) is 15.9 Å². The number of nitrogens with zero attached hydrogens (tertiary/aromatic N) is 2. The molecule has 0 unspecified atom stereocenters. The monoisotopic (exact) mass is 332 g/mol. The molecule has 0 saturated carbocycles. The van der Waals surface area contributed by atoms with Crippen LogP contribution in [0.5, 0.6) is 0 Å². The molecular weight excluding hydrogens is 319 g/mol. The number of fused-ring (bicyclic) bond motifs is 2. The van der Waals surface area contributed by atoms with Crippen LogP contribution in [0, 0.1) is 0 Å². The zero-order valence-electron chi connectivity index (χ0n) is 13.1. The summed E-state index contributed by atoms with van der Waals surface area (Å²) in [6, 6.07) is 15.9. The molecule has 3 aromatic rings. The van der Waals surface area contributed by atoms with Gasteiger partial charge in [0.2, 0.25) is 0 Å². The van der Waals surface area contributed by atoms with Crippen LogP contribution in [0.3, 0.4) is 0 Å². The fourth-order valence-electron chi connectivity index (χ4n) is 2.87. The molecule has 7 heteroatoms. The van der Waals surface area contributed by atoms with Crippen molar-refractivity contribution in [3.8, 4) is 0 Å². The number of carboxylic acid groups (broad SMARTS) is 1. The molecule has 0 radical (unpaired) electrons. The van der Waals surface area contributed by atoms with Crippen molar-refractivity contribution in [2.45, 2.75) is 6.61 Å². The zero-order chi connectivity index (χ0) is 17.4. The molecule has 4 rings (SSSR count). The Labute approximate surface area is 143 Å². The highest BCUT2D eigenvalue weighted by Crippen LogP contribution is 2.29. The lowest BCUT2D eigenvalue weighted by Crippen LogP contribution is -2.27. The fourth-order valence-corrected chi connectivity index (χ4v) is 2.87. The van der Waals surface area contributed by atoms with E-state index in [1.807, 2.05) is 30.3 Å². The molecule has 0 saturated heterocycles. The van der Waals surface area contributed by atoms with Crippen LogP contribution >= 0.6 is 0 Å². The van der Waals surface area contributed by atoms with Gasteiger partial charge in [-0.1, -0.05) is 30.3 Å². The Bertz CT molecular complexity index is 1020. The zero-order valence-corrected chi connectivity index (χ0v) is 13.1. The third kappa shape index (κ3) is 2.91. The number of aromatic carboxylic acids is 1. The quantitative estimate of drug-likeness (QED) is 0.569. The van der Waals surface area contributed by atoms with Gasteiger partial charge in [-0.05, 0) is 40.7 Å². The minimum absolute atomic E-state index is 0.158. The summed E-state index contributed by atoms with van der Waals surface area (Å²) < 4.78 is 5.16. The molecule has 0 amide bonds. The first-order chi connectivity index (χ1) is 12.1. The van der Waals surface area contributed by atoms with E-state index in [9.17, 15) is 14.9 Å². The van der Waals surface area contributed by atoms with Crippen molar-refractivity contribution in [3.05, 3.63) is 65.7 Å². The van der Waals surface area contributed by atoms with Gasteiger partial charge >= 0.3 is 13.1 Å². The highest BCUT2D eigenvalue weighted by Gasteiger charge is 2.27. The highest BCUT2D eigenvalue weighted by molar-refractivity contribution is 6.61. The van der Waals surface area contributed by atoms with Crippen LogP contribution in [0.4, 0.5) is 11.4 Å². The maximum Gasteiger partial charge on any atom is 0.491 e. The van der Waals surface area contributed by atoms with Crippen molar-refractivity contribution in [1.82, 2.24) is 0 Å². The summed E-state index contributed by atoms with van der Waals surface area (Å²) in [5, 5.41) is 29.1. The van der Waals surface area contributed by atoms with E-state index in [2.05, 4.69) is 10.2 Å². The second-order valence-corrected chi connectivity index (χ2v) is 5.77. The summed E-state index contributed by atoms with van der Waals surface area (Å²) in [5.41, 5.74) is 2.80. The first-order valence-electron chi connectivity index (χ1n) is 7.72. The van der Waals surface area contributed by atoms with Gasteiger partial charge in [0.25, 0.3) is 0 Å². The van der Waals surface area contributed by atoms with Gasteiger partial charge in [-0.15, -0.1) is 5.11 Å². The van der Waals surface area contributed by atoms with Crippen molar-refractivity contribution in [1.29, 1.82) is 0 Å². The SMILES string of the molecule is O=C(O)c1cc(/N=N/c2ccc3c(c2)B(O)OC3)c2ccccc2c1. The Kier molecular flexibility index (Phi) is 3.80. The number of benzene rings is 3. The van der Waals surface area contributed by atoms with Gasteiger partial charge in [0.15, 0.2) is 0 Å². The minimum Gasteiger partial charge on any atom is -0.478 e. The van der Waals surface area contributed by atoms with Crippen molar-refractivity contribution in [2.75, 3.05) is 0 Å². The molecule has 1 aliphatic rings. The maximum absolute atomic E-state index is 11.3. The molecule has 0 aromatic heterocycles. The van der Waals surface area contributed by atoms with Crippen LogP contribution in [0.15, 0.2) is 64.8 Å². The molecule has 0 aliphatic carbocycles. The lowest BCUT2D eigenvalue weighted by molar-refractivity contribution is 0.0697. The summed E-state index contributed by atoms with van der Waals surface area (Å²) in [7, 11) is -0.943. The third-order valence-electron chi connectivity index (χ3n) is 4.15. The Balaban J connectivity index is 1.76. The van der Waals surface area contributed by atoms with Crippen molar-refractivity contribution >= 4 is 40.7 Å². The van der Waals surface area contributed by atoms with Crippen LogP contribution in [0.2, 0.25) is 0 Å². The molecule has 0 atom stereocenters. The summed E-state index contributed by atoms with van der Waals surface area (Å²) in [5.74, 6) is -1.01. The number of azo groups is 1. The van der Waals surface area contributed by atoms with E-state index < -0.39 is 13.1 Å². The van der Waals surface area contributed by atoms with Gasteiger partial charge in [-0.3, -0.25) is 0 Å². The van der Waals surface area contributed by atoms with Crippen molar-refractivity contribution in [2.24, 2.45) is 10.2 Å². The molecule has 122 valence electrons. The van der Waals surface area contributed by atoms with Gasteiger partial charge in [0.05, 0.1) is 23.5 Å². The summed E-state index contributed by atoms with van der Waals surface area (Å²) in [6.07, 6.45) is 0. The van der Waals surface area contributed by atoms with Crippen LogP contribution in [-0.2, 0) is 11.3 Å². The molecule has 1 aliphatic heterocycles. The van der Waals surface area contributed by atoms with E-state index in [1.54, 1.807) is 18.2 Å². The second-order valence-electron chi connectivity index (χ2n) is 5.77. The standard InChI is InChI=1S/C18H13BN2O4/c22-18(23)13-7-11-3-1-2-4-15(11)17(8-13)21-20-14-6-5-12-10-25-19(24)16(12)9-14/h1-9,24H,10H2,(H,22,23)/b21-20+. The van der Waals surface area contributed by atoms with E-state index in [4.69, 9.17) is 4.65 Å². The van der Waals surface area contributed by atoms with Crippen molar-refractivity contribution < 1.29 is 19.6 Å². The topological polar surface area (TPSA) is 91.5 Å². The highest BCUT2D eigenvalue weighted by atomic mass is 16.5. The molecule has 6 nitrogen and oxygen atoms in total. The molecule has 2 N–H and O–H groups in total. The molecule has 25 heavy (non-hydrogen) atoms. The molecule has 0 bridgehead atoms. The van der Waals surface area contributed by atoms with Crippen LogP contribution in [0.25, 0.3) is 10.8 Å². The van der Waals surface area contributed by atoms with Gasteiger partial charge in [0.1, 0.15) is 0 Å². The molecule has 3 aromatic carbocycles. The molecule has 1 heterocycles. The number of hydrogen-bond acceptors (Lipinski definition) is 5. The number of rotatable bonds is 3. The normalized spacial score (nSPS) is 13.6. The first-order valence-corrected chi connectivity index (χ1v) is 7.72. The van der Waals surface area contributed by atoms with Gasteiger partial charge in [-0.25, -0.2) is 4.79 Å². The lowest BCUT2D eigenvalue weighted by atomic mass is 9.79. The van der Waals surface area contributed by atoms with Crippen LogP contribution in [-0.4, -0.2) is 23.2 Å². The Morgan fingerprint density at radius 1 is 1.08 bits per heavy atom. The van der Waals surface area contributed by atoms with E-state index in [0.29, 0.717) is 23.4 Å². The van der Waals surface area contributed by atoms with Gasteiger partial charge < -0.3 is 14.8 Å². The Morgan fingerprint density at radius 3 is 2.76 bits per heavy atom. The van der Waals surface area contributed by atoms with Crippen LogP contribution < -0.4 is 5.46 Å². The van der Waals surface area contributed by atoms with Crippen molar-refractivity contribution in [3.63, 3.8) is 0 Å². The number of carboxylic acids is 1. The predicted molar refractivity (Wildman–Crippen MR) is 93.9 cm³/mol. The maximum atomic E-state index is 11.3. The molecule has 0 fully saturated rings. The summed E-state index contributed by atoms with van der Waals surface area (Å²) in [6.45, 7) is 0.374. The smallest absolute Gasteiger partial charge is 0.478 e. The largest absolute Gasteiger partial charge is 0.491 e.